The SMILES string of the molecule is COc1cccc(C[NH2+]Cc2nnc(-c3ccccc3)o2)c1. The Morgan fingerprint density at radius 1 is 1.00 bits per heavy atom. The summed E-state index contributed by atoms with van der Waals surface area (Å²) in [5.41, 5.74) is 2.14. The molecule has 22 heavy (non-hydrogen) atoms. The molecule has 112 valence electrons. The second kappa shape index (κ2) is 6.87. The van der Waals surface area contributed by atoms with Gasteiger partial charge in [-0.3, -0.25) is 0 Å². The fourth-order valence-electron chi connectivity index (χ4n) is 2.20. The van der Waals surface area contributed by atoms with Gasteiger partial charge in [-0.25, -0.2) is 0 Å². The topological polar surface area (TPSA) is 64.8 Å². The average Bonchev–Trinajstić information content (AvgIpc) is 3.05. The fraction of sp³-hybridized carbons (Fsp3) is 0.176. The molecule has 2 N–H and O–H groups in total. The molecule has 3 rings (SSSR count). The minimum atomic E-state index is 0.561. The quantitative estimate of drug-likeness (QED) is 0.755. The number of hydrogen-bond donors (Lipinski definition) is 1. The summed E-state index contributed by atoms with van der Waals surface area (Å²) in [6.07, 6.45) is 0. The molecule has 2 aromatic carbocycles. The van der Waals surface area contributed by atoms with Crippen molar-refractivity contribution in [1.82, 2.24) is 10.2 Å². The zero-order valence-electron chi connectivity index (χ0n) is 12.4. The highest BCUT2D eigenvalue weighted by Crippen LogP contribution is 2.16. The van der Waals surface area contributed by atoms with E-state index in [-0.39, 0.29) is 0 Å². The van der Waals surface area contributed by atoms with Crippen molar-refractivity contribution in [2.75, 3.05) is 7.11 Å². The molecule has 3 aromatic rings. The van der Waals surface area contributed by atoms with Crippen LogP contribution in [0.5, 0.6) is 5.75 Å². The van der Waals surface area contributed by atoms with Gasteiger partial charge in [0, 0.05) is 11.1 Å². The minimum absolute atomic E-state index is 0.561. The second-order valence-electron chi connectivity index (χ2n) is 4.92. The van der Waals surface area contributed by atoms with Crippen LogP contribution in [-0.4, -0.2) is 17.3 Å². The Morgan fingerprint density at radius 3 is 2.68 bits per heavy atom. The molecular formula is C17H18N3O2+. The first kappa shape index (κ1) is 14.3. The van der Waals surface area contributed by atoms with Gasteiger partial charge in [-0.1, -0.05) is 30.3 Å². The first-order valence-corrected chi connectivity index (χ1v) is 7.17. The lowest BCUT2D eigenvalue weighted by atomic mass is 10.2. The smallest absolute Gasteiger partial charge is 0.271 e. The standard InChI is InChI=1S/C17H17N3O2/c1-21-15-9-5-6-13(10-15)11-18-12-16-19-20-17(22-16)14-7-3-2-4-8-14/h2-10,18H,11-12H2,1H3/p+1. The van der Waals surface area contributed by atoms with Gasteiger partial charge in [0.25, 0.3) is 5.89 Å². The normalized spacial score (nSPS) is 10.6. The molecule has 1 aromatic heterocycles. The highest BCUT2D eigenvalue weighted by atomic mass is 16.5. The van der Waals surface area contributed by atoms with Crippen molar-refractivity contribution < 1.29 is 14.5 Å². The van der Waals surface area contributed by atoms with Crippen LogP contribution in [0, 0.1) is 0 Å². The molecule has 0 aliphatic rings. The molecule has 0 radical (unpaired) electrons. The maximum absolute atomic E-state index is 5.67. The molecule has 0 amide bonds. The molecule has 0 spiro atoms. The number of quaternary nitrogens is 1. The van der Waals surface area contributed by atoms with Crippen LogP contribution in [0.15, 0.2) is 59.0 Å². The largest absolute Gasteiger partial charge is 0.497 e. The van der Waals surface area contributed by atoms with Gasteiger partial charge < -0.3 is 14.5 Å². The van der Waals surface area contributed by atoms with E-state index in [1.165, 1.54) is 5.56 Å². The van der Waals surface area contributed by atoms with E-state index in [2.05, 4.69) is 21.6 Å². The van der Waals surface area contributed by atoms with Gasteiger partial charge in [0.15, 0.2) is 6.54 Å². The summed E-state index contributed by atoms with van der Waals surface area (Å²) in [6.45, 7) is 1.48. The molecule has 0 unspecified atom stereocenters. The van der Waals surface area contributed by atoms with E-state index in [0.29, 0.717) is 18.3 Å². The zero-order valence-corrected chi connectivity index (χ0v) is 12.4. The average molecular weight is 296 g/mol. The van der Waals surface area contributed by atoms with Gasteiger partial charge >= 0.3 is 0 Å². The zero-order chi connectivity index (χ0) is 15.2. The maximum Gasteiger partial charge on any atom is 0.271 e. The van der Waals surface area contributed by atoms with Gasteiger partial charge in [-0.15, -0.1) is 10.2 Å². The highest BCUT2D eigenvalue weighted by Gasteiger charge is 2.09. The third-order valence-corrected chi connectivity index (χ3v) is 3.32. The van der Waals surface area contributed by atoms with E-state index >= 15 is 0 Å². The molecule has 0 fully saturated rings. The predicted molar refractivity (Wildman–Crippen MR) is 82.1 cm³/mol. The number of methoxy groups -OCH3 is 1. The number of nitrogens with zero attached hydrogens (tertiary/aromatic N) is 2. The van der Waals surface area contributed by atoms with Gasteiger partial charge in [0.2, 0.25) is 5.89 Å². The maximum atomic E-state index is 5.67. The molecule has 0 saturated carbocycles. The van der Waals surface area contributed by atoms with Gasteiger partial charge in [0.05, 0.1) is 7.11 Å². The van der Waals surface area contributed by atoms with Crippen molar-refractivity contribution in [2.24, 2.45) is 0 Å². The van der Waals surface area contributed by atoms with Crippen molar-refractivity contribution >= 4 is 0 Å². The number of rotatable bonds is 6. The van der Waals surface area contributed by atoms with Gasteiger partial charge in [-0.2, -0.15) is 0 Å². The number of hydrogen-bond acceptors (Lipinski definition) is 4. The van der Waals surface area contributed by atoms with Gasteiger partial charge in [-0.05, 0) is 24.3 Å². The van der Waals surface area contributed by atoms with Crippen LogP contribution < -0.4 is 10.1 Å². The summed E-state index contributed by atoms with van der Waals surface area (Å²) in [5, 5.41) is 10.3. The van der Waals surface area contributed by atoms with Crippen molar-refractivity contribution in [3.8, 4) is 17.2 Å². The molecule has 0 saturated heterocycles. The Bertz CT molecular complexity index is 726. The van der Waals surface area contributed by atoms with Crippen LogP contribution in [0.4, 0.5) is 0 Å². The van der Waals surface area contributed by atoms with Crippen LogP contribution in [0.25, 0.3) is 11.5 Å². The number of benzene rings is 2. The Balaban J connectivity index is 1.57. The lowest BCUT2D eigenvalue weighted by Crippen LogP contribution is -2.80. The number of aromatic nitrogens is 2. The number of ether oxygens (including phenoxy) is 1. The molecule has 5 nitrogen and oxygen atoms in total. The first-order chi connectivity index (χ1) is 10.8. The van der Waals surface area contributed by atoms with E-state index < -0.39 is 0 Å². The van der Waals surface area contributed by atoms with E-state index in [1.807, 2.05) is 48.5 Å². The summed E-state index contributed by atoms with van der Waals surface area (Å²) >= 11 is 0. The van der Waals surface area contributed by atoms with Crippen LogP contribution in [0.1, 0.15) is 11.5 Å². The van der Waals surface area contributed by atoms with Crippen LogP contribution in [-0.2, 0) is 13.1 Å². The molecule has 5 heteroatoms. The summed E-state index contributed by atoms with van der Waals surface area (Å²) in [7, 11) is 1.67. The Labute approximate surface area is 129 Å². The molecule has 0 aliphatic carbocycles. The van der Waals surface area contributed by atoms with E-state index in [1.54, 1.807) is 7.11 Å². The fourth-order valence-corrected chi connectivity index (χ4v) is 2.20. The molecule has 0 bridgehead atoms. The lowest BCUT2D eigenvalue weighted by molar-refractivity contribution is -0.688. The Morgan fingerprint density at radius 2 is 1.86 bits per heavy atom. The molecule has 0 aliphatic heterocycles. The van der Waals surface area contributed by atoms with Gasteiger partial charge in [0.1, 0.15) is 12.3 Å². The summed E-state index contributed by atoms with van der Waals surface area (Å²) in [5.74, 6) is 2.06. The summed E-state index contributed by atoms with van der Waals surface area (Å²) in [4.78, 5) is 0. The molecular weight excluding hydrogens is 278 g/mol. The van der Waals surface area contributed by atoms with Crippen LogP contribution >= 0.6 is 0 Å². The lowest BCUT2D eigenvalue weighted by Gasteiger charge is -2.02. The summed E-state index contributed by atoms with van der Waals surface area (Å²) < 4.78 is 10.9. The van der Waals surface area contributed by atoms with E-state index in [0.717, 1.165) is 17.9 Å². The first-order valence-electron chi connectivity index (χ1n) is 7.17. The number of nitrogens with two attached hydrogens (primary N) is 1. The van der Waals surface area contributed by atoms with Crippen LogP contribution in [0.3, 0.4) is 0 Å². The van der Waals surface area contributed by atoms with Crippen molar-refractivity contribution in [3.63, 3.8) is 0 Å². The van der Waals surface area contributed by atoms with E-state index in [4.69, 9.17) is 9.15 Å². The molecule has 1 heterocycles. The monoisotopic (exact) mass is 296 g/mol. The minimum Gasteiger partial charge on any atom is -0.497 e. The third-order valence-electron chi connectivity index (χ3n) is 3.32. The third kappa shape index (κ3) is 3.51. The van der Waals surface area contributed by atoms with E-state index in [9.17, 15) is 0 Å². The molecule has 0 atom stereocenters. The Hall–Kier alpha value is -2.66. The second-order valence-corrected chi connectivity index (χ2v) is 4.92. The summed E-state index contributed by atoms with van der Waals surface area (Å²) in [6, 6.07) is 17.8. The van der Waals surface area contributed by atoms with Crippen molar-refractivity contribution in [1.29, 1.82) is 0 Å². The Kier molecular flexibility index (Phi) is 4.46. The highest BCUT2D eigenvalue weighted by molar-refractivity contribution is 5.51. The van der Waals surface area contributed by atoms with Crippen molar-refractivity contribution in [3.05, 3.63) is 66.1 Å². The van der Waals surface area contributed by atoms with Crippen molar-refractivity contribution in [2.45, 2.75) is 13.1 Å². The predicted octanol–water partition coefficient (Wildman–Crippen LogP) is 2.01. The van der Waals surface area contributed by atoms with Crippen LogP contribution in [0.2, 0.25) is 0 Å².